The number of hydrogen-bond acceptors (Lipinski definition) is 6. The summed E-state index contributed by atoms with van der Waals surface area (Å²) in [6, 6.07) is 17.3. The van der Waals surface area contributed by atoms with Crippen LogP contribution in [0.3, 0.4) is 0 Å². The Hall–Kier alpha value is -3.95. The number of aromatic hydroxyl groups is 1. The second kappa shape index (κ2) is 12.6. The van der Waals surface area contributed by atoms with Crippen LogP contribution in [0.25, 0.3) is 22.4 Å². The fourth-order valence-electron chi connectivity index (χ4n) is 5.58. The summed E-state index contributed by atoms with van der Waals surface area (Å²) < 4.78 is 7.89. The number of nitrogens with zero attached hydrogens (tertiary/aromatic N) is 4. The Labute approximate surface area is 261 Å². The molecule has 0 saturated carbocycles. The van der Waals surface area contributed by atoms with Gasteiger partial charge in [-0.2, -0.15) is 5.10 Å². The lowest BCUT2D eigenvalue weighted by molar-refractivity contribution is 0.0694. The number of benzene rings is 2. The zero-order valence-corrected chi connectivity index (χ0v) is 27.7. The van der Waals surface area contributed by atoms with Crippen molar-refractivity contribution in [3.63, 3.8) is 0 Å². The third kappa shape index (κ3) is 6.59. The maximum atomic E-state index is 14.0. The molecule has 1 aliphatic rings. The van der Waals surface area contributed by atoms with Crippen LogP contribution < -0.4 is 4.74 Å². The maximum Gasteiger partial charge on any atom is 0.272 e. The molecule has 4 aromatic rings. The summed E-state index contributed by atoms with van der Waals surface area (Å²) in [6.07, 6.45) is 5.17. The van der Waals surface area contributed by atoms with Gasteiger partial charge in [0.05, 0.1) is 6.54 Å². The van der Waals surface area contributed by atoms with Gasteiger partial charge >= 0.3 is 0 Å². The number of fused-ring (bicyclic) bond motifs is 1. The summed E-state index contributed by atoms with van der Waals surface area (Å²) in [5, 5.41) is 15.2. The summed E-state index contributed by atoms with van der Waals surface area (Å²) >= 11 is 0. The lowest BCUT2D eigenvalue weighted by Gasteiger charge is -2.36. The van der Waals surface area contributed by atoms with Gasteiger partial charge in [-0.25, -0.2) is 0 Å². The van der Waals surface area contributed by atoms with Crippen molar-refractivity contribution in [2.24, 2.45) is 0 Å². The number of phenols is 1. The summed E-state index contributed by atoms with van der Waals surface area (Å²) in [7, 11) is -2.32. The lowest BCUT2D eigenvalue weighted by Crippen LogP contribution is -2.42. The topological polar surface area (TPSA) is 101 Å². The molecule has 2 N–H and O–H groups in total. The van der Waals surface area contributed by atoms with Crippen molar-refractivity contribution >= 4 is 14.2 Å². The van der Waals surface area contributed by atoms with Crippen LogP contribution in [0.2, 0.25) is 18.1 Å². The Morgan fingerprint density at radius 1 is 1.00 bits per heavy atom. The summed E-state index contributed by atoms with van der Waals surface area (Å²) in [4.78, 5) is 30.8. The van der Waals surface area contributed by atoms with Gasteiger partial charge in [0.2, 0.25) is 0 Å². The summed E-state index contributed by atoms with van der Waals surface area (Å²) in [5.41, 5.74) is 5.73. The first-order chi connectivity index (χ1) is 20.9. The molecule has 5 rings (SSSR count). The normalized spacial score (nSPS) is 13.8. The second-order valence-corrected chi connectivity index (χ2v) is 17.7. The molecule has 8 nitrogen and oxygen atoms in total. The molecule has 1 amide bonds. The standard InChI is InChI=1S/C35H44N4O4Si/c1-24(2)29-13-8-25(22-30(29)40)23-43-28-11-9-26(10-12-28)31-32(27-14-17-36-18-15-27)37-39-21-20-38(34(41)33(31)39)19-7-16-35(3,4)44(5,6)42/h8-15,17-18,22,24,40,42H,7,16,19-21,23H2,1-6H3. The predicted molar refractivity (Wildman–Crippen MR) is 176 cm³/mol. The van der Waals surface area contributed by atoms with Gasteiger partial charge in [0, 0.05) is 36.6 Å². The van der Waals surface area contributed by atoms with Crippen molar-refractivity contribution in [1.29, 1.82) is 0 Å². The SMILES string of the molecule is CC(C)c1ccc(COc2ccc(-c3c(-c4ccncc4)nn4c3C(=O)N(CCCC(C)(C)[Si](C)(C)O)CC4)cc2)cc1O. The molecule has 0 bridgehead atoms. The molecule has 232 valence electrons. The van der Waals surface area contributed by atoms with Crippen molar-refractivity contribution in [1.82, 2.24) is 19.7 Å². The Morgan fingerprint density at radius 3 is 2.34 bits per heavy atom. The first-order valence-corrected chi connectivity index (χ1v) is 18.4. The van der Waals surface area contributed by atoms with Gasteiger partial charge in [-0.05, 0) is 83.9 Å². The molecule has 0 aliphatic carbocycles. The van der Waals surface area contributed by atoms with Crippen LogP contribution in [0.5, 0.6) is 11.5 Å². The number of carbonyl (C=O) groups is 1. The molecule has 0 atom stereocenters. The van der Waals surface area contributed by atoms with Crippen molar-refractivity contribution in [3.8, 4) is 33.9 Å². The molecular weight excluding hydrogens is 568 g/mol. The molecule has 0 saturated heterocycles. The van der Waals surface area contributed by atoms with E-state index < -0.39 is 8.32 Å². The maximum absolute atomic E-state index is 14.0. The number of amides is 1. The number of rotatable bonds is 11. The number of hydrogen-bond donors (Lipinski definition) is 2. The van der Waals surface area contributed by atoms with Gasteiger partial charge < -0.3 is 19.5 Å². The first kappa shape index (κ1) is 31.5. The minimum atomic E-state index is -2.32. The fourth-order valence-corrected chi connectivity index (χ4v) is 6.36. The van der Waals surface area contributed by atoms with Crippen LogP contribution in [0.4, 0.5) is 0 Å². The van der Waals surface area contributed by atoms with E-state index in [0.717, 1.165) is 46.4 Å². The molecule has 0 unspecified atom stereocenters. The minimum Gasteiger partial charge on any atom is -0.508 e. The van der Waals surface area contributed by atoms with E-state index in [2.05, 4.69) is 32.7 Å². The van der Waals surface area contributed by atoms with Crippen LogP contribution >= 0.6 is 0 Å². The van der Waals surface area contributed by atoms with Crippen LogP contribution in [-0.2, 0) is 13.2 Å². The molecule has 44 heavy (non-hydrogen) atoms. The van der Waals surface area contributed by atoms with Crippen LogP contribution in [-0.4, -0.2) is 56.9 Å². The van der Waals surface area contributed by atoms with Crippen LogP contribution in [0.1, 0.15) is 68.1 Å². The van der Waals surface area contributed by atoms with E-state index in [-0.39, 0.29) is 22.6 Å². The van der Waals surface area contributed by atoms with E-state index in [1.807, 2.05) is 71.2 Å². The number of phenolic OH excluding ortho intramolecular Hbond substituents is 1. The highest BCUT2D eigenvalue weighted by atomic mass is 28.4. The third-order valence-electron chi connectivity index (χ3n) is 9.13. The highest BCUT2D eigenvalue weighted by Gasteiger charge is 2.38. The molecule has 0 fully saturated rings. The Bertz CT molecular complexity index is 1610. The molecule has 0 radical (unpaired) electrons. The smallest absolute Gasteiger partial charge is 0.272 e. The van der Waals surface area contributed by atoms with Crippen molar-refractivity contribution in [2.45, 2.75) is 77.7 Å². The second-order valence-electron chi connectivity index (χ2n) is 13.2. The number of carbonyl (C=O) groups excluding carboxylic acids is 1. The average Bonchev–Trinajstić information content (AvgIpc) is 3.38. The highest BCUT2D eigenvalue weighted by molar-refractivity contribution is 6.72. The third-order valence-corrected chi connectivity index (χ3v) is 12.7. The van der Waals surface area contributed by atoms with Crippen molar-refractivity contribution in [2.75, 3.05) is 13.1 Å². The van der Waals surface area contributed by atoms with E-state index in [1.54, 1.807) is 18.5 Å². The Balaban J connectivity index is 1.39. The fraction of sp³-hybridized carbons (Fsp3) is 0.400. The van der Waals surface area contributed by atoms with E-state index in [1.165, 1.54) is 0 Å². The molecule has 0 spiro atoms. The number of pyridine rings is 1. The highest BCUT2D eigenvalue weighted by Crippen LogP contribution is 2.41. The molecule has 2 aromatic heterocycles. The zero-order valence-electron chi connectivity index (χ0n) is 26.7. The van der Waals surface area contributed by atoms with Crippen molar-refractivity contribution in [3.05, 3.63) is 83.8 Å². The molecule has 9 heteroatoms. The Kier molecular flexibility index (Phi) is 8.99. The largest absolute Gasteiger partial charge is 0.508 e. The average molecular weight is 613 g/mol. The van der Waals surface area contributed by atoms with Gasteiger partial charge in [-0.3, -0.25) is 14.5 Å². The first-order valence-electron chi connectivity index (χ1n) is 15.4. The van der Waals surface area contributed by atoms with Crippen molar-refractivity contribution < 1.29 is 19.4 Å². The van der Waals surface area contributed by atoms with Crippen LogP contribution in [0, 0.1) is 0 Å². The monoisotopic (exact) mass is 612 g/mol. The molecule has 2 aromatic carbocycles. The quantitative estimate of drug-likeness (QED) is 0.173. The van der Waals surface area contributed by atoms with Crippen LogP contribution in [0.15, 0.2) is 67.0 Å². The zero-order chi connectivity index (χ0) is 31.6. The number of ether oxygens (including phenoxy) is 1. The predicted octanol–water partition coefficient (Wildman–Crippen LogP) is 7.23. The van der Waals surface area contributed by atoms with Gasteiger partial charge in [0.15, 0.2) is 8.32 Å². The molecule has 3 heterocycles. The molecular formula is C35H44N4O4Si. The van der Waals surface area contributed by atoms with E-state index in [4.69, 9.17) is 9.84 Å². The Morgan fingerprint density at radius 2 is 1.70 bits per heavy atom. The van der Waals surface area contributed by atoms with Gasteiger partial charge in [-0.1, -0.05) is 52.0 Å². The van der Waals surface area contributed by atoms with Gasteiger partial charge in [0.25, 0.3) is 5.91 Å². The van der Waals surface area contributed by atoms with E-state index in [0.29, 0.717) is 37.7 Å². The van der Waals surface area contributed by atoms with Gasteiger partial charge in [0.1, 0.15) is 29.5 Å². The van der Waals surface area contributed by atoms with Gasteiger partial charge in [-0.15, -0.1) is 0 Å². The van der Waals surface area contributed by atoms with E-state index in [9.17, 15) is 14.7 Å². The summed E-state index contributed by atoms with van der Waals surface area (Å²) in [5.74, 6) is 1.20. The lowest BCUT2D eigenvalue weighted by atomic mass is 9.98. The molecule has 1 aliphatic heterocycles. The summed E-state index contributed by atoms with van der Waals surface area (Å²) in [6.45, 7) is 14.5. The number of aromatic nitrogens is 3. The van der Waals surface area contributed by atoms with E-state index >= 15 is 0 Å². The minimum absolute atomic E-state index is 0.0256.